The summed E-state index contributed by atoms with van der Waals surface area (Å²) < 4.78 is 6.06. The van der Waals surface area contributed by atoms with Crippen LogP contribution in [0.5, 0.6) is 0 Å². The highest BCUT2D eigenvalue weighted by Gasteiger charge is 2.36. The molecule has 2 fully saturated rings. The Balaban J connectivity index is 1.42. The number of aryl methyl sites for hydroxylation is 1. The Bertz CT molecular complexity index is 678. The molecule has 4 rings (SSSR count). The van der Waals surface area contributed by atoms with Crippen LogP contribution < -0.4 is 0 Å². The quantitative estimate of drug-likeness (QED) is 0.844. The fraction of sp³-hybridized carbons (Fsp3) is 0.526. The van der Waals surface area contributed by atoms with Gasteiger partial charge in [-0.25, -0.2) is 9.97 Å². The molecule has 25 heavy (non-hydrogen) atoms. The van der Waals surface area contributed by atoms with Crippen molar-refractivity contribution in [1.29, 1.82) is 0 Å². The zero-order chi connectivity index (χ0) is 17.1. The summed E-state index contributed by atoms with van der Waals surface area (Å²) >= 11 is 0. The van der Waals surface area contributed by atoms with Crippen molar-refractivity contribution in [2.45, 2.75) is 38.6 Å². The van der Waals surface area contributed by atoms with Gasteiger partial charge in [0.05, 0.1) is 12.7 Å². The average Bonchev–Trinajstić information content (AvgIpc) is 2.65. The Hall–Kier alpha value is -1.89. The molecule has 2 aromatic rings. The number of nitrogens with zero attached hydrogens (tertiary/aromatic N) is 5. The van der Waals surface area contributed by atoms with Crippen LogP contribution in [0.25, 0.3) is 0 Å². The van der Waals surface area contributed by atoms with Crippen LogP contribution in [0.3, 0.4) is 0 Å². The van der Waals surface area contributed by atoms with Crippen molar-refractivity contribution in [3.05, 3.63) is 53.9 Å². The predicted octanol–water partition coefficient (Wildman–Crippen LogP) is 1.66. The molecule has 2 saturated heterocycles. The Morgan fingerprint density at radius 3 is 2.68 bits per heavy atom. The van der Waals surface area contributed by atoms with Gasteiger partial charge >= 0.3 is 0 Å². The van der Waals surface area contributed by atoms with E-state index < -0.39 is 0 Å². The number of rotatable bonds is 4. The Labute approximate surface area is 148 Å². The van der Waals surface area contributed by atoms with Crippen LogP contribution in [0.15, 0.2) is 36.9 Å². The van der Waals surface area contributed by atoms with Crippen LogP contribution in [0.2, 0.25) is 0 Å². The number of pyridine rings is 1. The molecule has 0 aliphatic carbocycles. The lowest BCUT2D eigenvalue weighted by Gasteiger charge is -2.47. The standard InChI is InChI=1S/C19H25N5O/c1-15-21-10-17(11-22-15)12-23-7-4-19-18(14-23)24(8-9-25-19)13-16-2-5-20-6-3-16/h2-3,5-6,10-11,18-19H,4,7-9,12-14H2,1H3/t18-,19-/m1/s1. The van der Waals surface area contributed by atoms with Crippen molar-refractivity contribution in [2.24, 2.45) is 0 Å². The summed E-state index contributed by atoms with van der Waals surface area (Å²) in [6, 6.07) is 4.66. The lowest BCUT2D eigenvalue weighted by atomic mass is 9.97. The molecule has 0 bridgehead atoms. The molecule has 0 spiro atoms. The average molecular weight is 339 g/mol. The molecule has 6 nitrogen and oxygen atoms in total. The first kappa shape index (κ1) is 16.6. The minimum absolute atomic E-state index is 0.348. The number of aromatic nitrogens is 3. The van der Waals surface area contributed by atoms with Crippen molar-refractivity contribution in [3.63, 3.8) is 0 Å². The minimum Gasteiger partial charge on any atom is -0.375 e. The fourth-order valence-electron chi connectivity index (χ4n) is 3.83. The summed E-state index contributed by atoms with van der Waals surface area (Å²) in [7, 11) is 0. The van der Waals surface area contributed by atoms with Crippen LogP contribution >= 0.6 is 0 Å². The highest BCUT2D eigenvalue weighted by molar-refractivity contribution is 5.11. The van der Waals surface area contributed by atoms with Crippen LogP contribution in [-0.2, 0) is 17.8 Å². The van der Waals surface area contributed by atoms with E-state index in [4.69, 9.17) is 4.74 Å². The highest BCUT2D eigenvalue weighted by atomic mass is 16.5. The summed E-state index contributed by atoms with van der Waals surface area (Å²) in [6.07, 6.45) is 9.07. The summed E-state index contributed by atoms with van der Waals surface area (Å²) in [6.45, 7) is 7.72. The number of fused-ring (bicyclic) bond motifs is 1. The molecule has 0 saturated carbocycles. The Morgan fingerprint density at radius 2 is 1.88 bits per heavy atom. The molecule has 0 N–H and O–H groups in total. The van der Waals surface area contributed by atoms with Gasteiger partial charge in [-0.3, -0.25) is 14.8 Å². The van der Waals surface area contributed by atoms with E-state index >= 15 is 0 Å². The number of likely N-dealkylation sites (tertiary alicyclic amines) is 1. The SMILES string of the molecule is Cc1ncc(CN2CC[C@H]3OCCN(Cc4ccncc4)[C@@H]3C2)cn1. The zero-order valence-electron chi connectivity index (χ0n) is 14.7. The molecule has 2 aliphatic heterocycles. The number of piperidine rings is 1. The Morgan fingerprint density at radius 1 is 1.08 bits per heavy atom. The van der Waals surface area contributed by atoms with Gasteiger partial charge in [0, 0.05) is 69.1 Å². The van der Waals surface area contributed by atoms with E-state index in [1.165, 1.54) is 11.1 Å². The lowest BCUT2D eigenvalue weighted by molar-refractivity contribution is -0.107. The van der Waals surface area contributed by atoms with Crippen molar-refractivity contribution < 1.29 is 4.74 Å². The smallest absolute Gasteiger partial charge is 0.125 e. The Kier molecular flexibility index (Phi) is 5.01. The van der Waals surface area contributed by atoms with Gasteiger partial charge in [0.25, 0.3) is 0 Å². The van der Waals surface area contributed by atoms with E-state index in [-0.39, 0.29) is 0 Å². The number of hydrogen-bond donors (Lipinski definition) is 0. The molecule has 2 atom stereocenters. The van der Waals surface area contributed by atoms with Crippen molar-refractivity contribution in [1.82, 2.24) is 24.8 Å². The second kappa shape index (κ2) is 7.56. The summed E-state index contributed by atoms with van der Waals surface area (Å²) in [5, 5.41) is 0. The van der Waals surface area contributed by atoms with Crippen LogP contribution in [-0.4, -0.2) is 63.1 Å². The molecular weight excluding hydrogens is 314 g/mol. The van der Waals surface area contributed by atoms with Crippen molar-refractivity contribution in [2.75, 3.05) is 26.2 Å². The van der Waals surface area contributed by atoms with Gasteiger partial charge in [0.15, 0.2) is 0 Å². The van der Waals surface area contributed by atoms with Gasteiger partial charge in [0.1, 0.15) is 5.82 Å². The predicted molar refractivity (Wildman–Crippen MR) is 94.8 cm³/mol. The normalized spacial score (nSPS) is 24.8. The van der Waals surface area contributed by atoms with E-state index in [2.05, 4.69) is 36.9 Å². The molecule has 0 unspecified atom stereocenters. The lowest BCUT2D eigenvalue weighted by Crippen LogP contribution is -2.59. The zero-order valence-corrected chi connectivity index (χ0v) is 14.7. The first-order chi connectivity index (χ1) is 12.3. The van der Waals surface area contributed by atoms with Gasteiger partial charge in [-0.2, -0.15) is 0 Å². The maximum absolute atomic E-state index is 6.06. The van der Waals surface area contributed by atoms with E-state index in [0.717, 1.165) is 51.6 Å². The molecule has 0 amide bonds. The molecule has 2 aromatic heterocycles. The van der Waals surface area contributed by atoms with Gasteiger partial charge in [-0.05, 0) is 31.0 Å². The largest absolute Gasteiger partial charge is 0.375 e. The van der Waals surface area contributed by atoms with Crippen molar-refractivity contribution in [3.8, 4) is 0 Å². The molecule has 4 heterocycles. The molecule has 0 radical (unpaired) electrons. The topological polar surface area (TPSA) is 54.4 Å². The van der Waals surface area contributed by atoms with Crippen LogP contribution in [0.1, 0.15) is 23.4 Å². The second-order valence-electron chi connectivity index (χ2n) is 6.96. The third-order valence-corrected chi connectivity index (χ3v) is 5.16. The summed E-state index contributed by atoms with van der Waals surface area (Å²) in [5.74, 6) is 0.826. The molecule has 6 heteroatoms. The van der Waals surface area contributed by atoms with E-state index in [9.17, 15) is 0 Å². The molecule has 132 valence electrons. The van der Waals surface area contributed by atoms with Crippen LogP contribution in [0, 0.1) is 6.92 Å². The molecular formula is C19H25N5O. The van der Waals surface area contributed by atoms with Gasteiger partial charge < -0.3 is 4.74 Å². The van der Waals surface area contributed by atoms with Crippen LogP contribution in [0.4, 0.5) is 0 Å². The van der Waals surface area contributed by atoms with E-state index in [1.807, 2.05) is 31.7 Å². The van der Waals surface area contributed by atoms with E-state index in [0.29, 0.717) is 12.1 Å². The van der Waals surface area contributed by atoms with Gasteiger partial charge in [-0.1, -0.05) is 0 Å². The molecule has 0 aromatic carbocycles. The maximum Gasteiger partial charge on any atom is 0.125 e. The first-order valence-corrected chi connectivity index (χ1v) is 9.02. The second-order valence-corrected chi connectivity index (χ2v) is 6.96. The third kappa shape index (κ3) is 4.03. The monoisotopic (exact) mass is 339 g/mol. The van der Waals surface area contributed by atoms with Gasteiger partial charge in [0.2, 0.25) is 0 Å². The summed E-state index contributed by atoms with van der Waals surface area (Å²) in [4.78, 5) is 17.8. The van der Waals surface area contributed by atoms with Gasteiger partial charge in [-0.15, -0.1) is 0 Å². The number of hydrogen-bond acceptors (Lipinski definition) is 6. The number of morpholine rings is 1. The van der Waals surface area contributed by atoms with Crippen molar-refractivity contribution >= 4 is 0 Å². The molecule has 2 aliphatic rings. The first-order valence-electron chi connectivity index (χ1n) is 9.02. The van der Waals surface area contributed by atoms with E-state index in [1.54, 1.807) is 0 Å². The summed E-state index contributed by atoms with van der Waals surface area (Å²) in [5.41, 5.74) is 2.50. The fourth-order valence-corrected chi connectivity index (χ4v) is 3.83. The highest BCUT2D eigenvalue weighted by Crippen LogP contribution is 2.25. The minimum atomic E-state index is 0.348. The number of ether oxygens (including phenoxy) is 1. The maximum atomic E-state index is 6.06. The third-order valence-electron chi connectivity index (χ3n) is 5.16.